The summed E-state index contributed by atoms with van der Waals surface area (Å²) >= 11 is 0. The highest BCUT2D eigenvalue weighted by atomic mass is 16.3. The number of hydrogen-bond acceptors (Lipinski definition) is 2. The van der Waals surface area contributed by atoms with Gasteiger partial charge in [-0.05, 0) is 115 Å². The van der Waals surface area contributed by atoms with Crippen molar-refractivity contribution in [2.24, 2.45) is 0 Å². The van der Waals surface area contributed by atoms with Gasteiger partial charge in [0.15, 0.2) is 0 Å². The van der Waals surface area contributed by atoms with Crippen LogP contribution in [0.1, 0.15) is 0 Å². The van der Waals surface area contributed by atoms with Gasteiger partial charge in [0.2, 0.25) is 0 Å². The molecule has 0 saturated carbocycles. The molecule has 0 aliphatic rings. The van der Waals surface area contributed by atoms with Gasteiger partial charge in [0, 0.05) is 44.3 Å². The van der Waals surface area contributed by atoms with Gasteiger partial charge in [0.05, 0.1) is 22.1 Å². The van der Waals surface area contributed by atoms with E-state index in [-0.39, 0.29) is 0 Å². The standard InChI is InChI=1S/C66H42N2O/c1-3-16-44(17-4-1)55-27-14-29-59-63-54(26-15-30-60(63)68(65(55)59)48-21-5-2-6-22-48)46-34-36-49(37-35-46)67(50-38-39-53-47(42-50)33-32-45-19-8-9-23-51(45)53)61-41-40-57(56-28-13-20-43-18-7-10-24-52(43)56)66-64(61)58-25-11-12-31-62(58)69-66/h1-42H. The third-order valence-electron chi connectivity index (χ3n) is 14.2. The van der Waals surface area contributed by atoms with Crippen molar-refractivity contribution in [2.75, 3.05) is 4.90 Å². The second kappa shape index (κ2) is 15.7. The normalized spacial score (nSPS) is 11.8. The molecule has 0 atom stereocenters. The number of para-hydroxylation sites is 3. The summed E-state index contributed by atoms with van der Waals surface area (Å²) < 4.78 is 9.41. The van der Waals surface area contributed by atoms with Crippen LogP contribution in [0.5, 0.6) is 0 Å². The van der Waals surface area contributed by atoms with Crippen molar-refractivity contribution in [3.8, 4) is 39.1 Å². The van der Waals surface area contributed by atoms with Crippen LogP contribution in [0.25, 0.3) is 115 Å². The van der Waals surface area contributed by atoms with Crippen LogP contribution in [0.3, 0.4) is 0 Å². The number of fused-ring (bicyclic) bond motifs is 10. The maximum Gasteiger partial charge on any atom is 0.145 e. The fraction of sp³-hybridized carbons (Fsp3) is 0. The van der Waals surface area contributed by atoms with Gasteiger partial charge in [-0.2, -0.15) is 0 Å². The molecule has 0 aliphatic carbocycles. The first kappa shape index (κ1) is 39.0. The van der Waals surface area contributed by atoms with Crippen molar-refractivity contribution in [1.82, 2.24) is 4.57 Å². The lowest BCUT2D eigenvalue weighted by molar-refractivity contribution is 0.670. The van der Waals surface area contributed by atoms with E-state index in [2.05, 4.69) is 264 Å². The number of benzene rings is 12. The molecule has 3 nitrogen and oxygen atoms in total. The first-order valence-electron chi connectivity index (χ1n) is 23.7. The lowest BCUT2D eigenvalue weighted by Gasteiger charge is -2.27. The summed E-state index contributed by atoms with van der Waals surface area (Å²) in [7, 11) is 0. The van der Waals surface area contributed by atoms with Gasteiger partial charge >= 0.3 is 0 Å². The van der Waals surface area contributed by atoms with Crippen molar-refractivity contribution in [3.63, 3.8) is 0 Å². The van der Waals surface area contributed by atoms with Gasteiger partial charge < -0.3 is 13.9 Å². The maximum atomic E-state index is 6.96. The summed E-state index contributed by atoms with van der Waals surface area (Å²) in [6.45, 7) is 0. The smallest absolute Gasteiger partial charge is 0.145 e. The van der Waals surface area contributed by atoms with Crippen LogP contribution < -0.4 is 4.90 Å². The van der Waals surface area contributed by atoms with Gasteiger partial charge in [-0.15, -0.1) is 0 Å². The molecule has 2 aromatic heterocycles. The molecule has 0 saturated heterocycles. The van der Waals surface area contributed by atoms with E-state index >= 15 is 0 Å². The summed E-state index contributed by atoms with van der Waals surface area (Å²) in [5.74, 6) is 0. The van der Waals surface area contributed by atoms with Gasteiger partial charge in [-0.3, -0.25) is 0 Å². The Labute approximate surface area is 399 Å². The average molecular weight is 879 g/mol. The Kier molecular flexibility index (Phi) is 8.90. The molecule has 0 radical (unpaired) electrons. The van der Waals surface area contributed by atoms with E-state index in [0.29, 0.717) is 0 Å². The Morgan fingerprint density at radius 3 is 1.77 bits per heavy atom. The molecular weight excluding hydrogens is 837 g/mol. The second-order valence-electron chi connectivity index (χ2n) is 18.0. The molecule has 0 N–H and O–H groups in total. The maximum absolute atomic E-state index is 6.96. The van der Waals surface area contributed by atoms with Crippen LogP contribution >= 0.6 is 0 Å². The number of hydrogen-bond donors (Lipinski definition) is 0. The fourth-order valence-corrected chi connectivity index (χ4v) is 11.1. The van der Waals surface area contributed by atoms with E-state index in [4.69, 9.17) is 4.42 Å². The largest absolute Gasteiger partial charge is 0.455 e. The SMILES string of the molecule is c1ccc(-c2cccc3c4c(-c5ccc(N(c6ccc7c(ccc8ccccc87)c6)c6ccc(-c7cccc8ccccc78)c7oc8ccccc8c67)cc5)cccc4n(-c4ccccc4)c23)cc1. The van der Waals surface area contributed by atoms with Gasteiger partial charge in [0.1, 0.15) is 11.2 Å². The van der Waals surface area contributed by atoms with E-state index in [0.717, 1.165) is 61.4 Å². The highest BCUT2D eigenvalue weighted by Crippen LogP contribution is 2.49. The monoisotopic (exact) mass is 878 g/mol. The van der Waals surface area contributed by atoms with E-state index in [1.54, 1.807) is 0 Å². The summed E-state index contributed by atoms with van der Waals surface area (Å²) in [6, 6.07) is 92.4. The Balaban J connectivity index is 0.992. The molecule has 69 heavy (non-hydrogen) atoms. The van der Waals surface area contributed by atoms with Crippen molar-refractivity contribution >= 4 is 93.1 Å². The van der Waals surface area contributed by atoms with E-state index in [9.17, 15) is 0 Å². The zero-order valence-electron chi connectivity index (χ0n) is 37.6. The molecule has 0 spiro atoms. The van der Waals surface area contributed by atoms with Crippen LogP contribution in [0.4, 0.5) is 17.1 Å². The van der Waals surface area contributed by atoms with Crippen molar-refractivity contribution < 1.29 is 4.42 Å². The predicted molar refractivity (Wildman–Crippen MR) is 292 cm³/mol. The van der Waals surface area contributed by atoms with Crippen molar-refractivity contribution in [3.05, 3.63) is 255 Å². The molecule has 0 fully saturated rings. The van der Waals surface area contributed by atoms with E-state index in [1.165, 1.54) is 70.8 Å². The van der Waals surface area contributed by atoms with Crippen molar-refractivity contribution in [1.29, 1.82) is 0 Å². The molecule has 0 amide bonds. The van der Waals surface area contributed by atoms with E-state index in [1.807, 2.05) is 0 Å². The minimum absolute atomic E-state index is 0.861. The zero-order valence-corrected chi connectivity index (χ0v) is 37.6. The first-order valence-corrected chi connectivity index (χ1v) is 23.7. The Morgan fingerprint density at radius 1 is 0.333 bits per heavy atom. The van der Waals surface area contributed by atoms with Crippen LogP contribution in [-0.2, 0) is 0 Å². The third kappa shape index (κ3) is 6.21. The van der Waals surface area contributed by atoms with Crippen LogP contribution in [0.15, 0.2) is 259 Å². The molecule has 0 unspecified atom stereocenters. The fourth-order valence-electron chi connectivity index (χ4n) is 11.1. The van der Waals surface area contributed by atoms with Gasteiger partial charge in [0.25, 0.3) is 0 Å². The van der Waals surface area contributed by atoms with Crippen LogP contribution in [0.2, 0.25) is 0 Å². The predicted octanol–water partition coefficient (Wildman–Crippen LogP) is 18.6. The van der Waals surface area contributed by atoms with Gasteiger partial charge in [-0.1, -0.05) is 194 Å². The quantitative estimate of drug-likeness (QED) is 0.149. The Bertz CT molecular complexity index is 4290. The topological polar surface area (TPSA) is 21.3 Å². The third-order valence-corrected chi connectivity index (χ3v) is 14.2. The zero-order chi connectivity index (χ0) is 45.4. The first-order chi connectivity index (χ1) is 34.2. The van der Waals surface area contributed by atoms with Crippen LogP contribution in [-0.4, -0.2) is 4.57 Å². The lowest BCUT2D eigenvalue weighted by atomic mass is 9.95. The second-order valence-corrected chi connectivity index (χ2v) is 18.0. The minimum Gasteiger partial charge on any atom is -0.455 e. The number of nitrogens with zero attached hydrogens (tertiary/aromatic N) is 2. The molecule has 14 aromatic rings. The molecule has 0 bridgehead atoms. The Morgan fingerprint density at radius 2 is 0.928 bits per heavy atom. The number of aromatic nitrogens is 1. The highest BCUT2D eigenvalue weighted by molar-refractivity contribution is 6.21. The molecule has 2 heterocycles. The lowest BCUT2D eigenvalue weighted by Crippen LogP contribution is -2.10. The number of anilines is 3. The van der Waals surface area contributed by atoms with Crippen LogP contribution in [0, 0.1) is 0 Å². The molecule has 12 aromatic carbocycles. The number of rotatable bonds is 7. The highest BCUT2D eigenvalue weighted by Gasteiger charge is 2.24. The summed E-state index contributed by atoms with van der Waals surface area (Å²) in [6.07, 6.45) is 0. The molecule has 3 heteroatoms. The summed E-state index contributed by atoms with van der Waals surface area (Å²) in [5.41, 5.74) is 15.4. The minimum atomic E-state index is 0.861. The number of furan rings is 1. The average Bonchev–Trinajstić information content (AvgIpc) is 3.99. The molecule has 0 aliphatic heterocycles. The molecule has 322 valence electrons. The van der Waals surface area contributed by atoms with Crippen molar-refractivity contribution in [2.45, 2.75) is 0 Å². The van der Waals surface area contributed by atoms with Gasteiger partial charge in [-0.25, -0.2) is 0 Å². The van der Waals surface area contributed by atoms with E-state index < -0.39 is 0 Å². The molecular formula is C66H42N2O. The molecule has 14 rings (SSSR count). The summed E-state index contributed by atoms with van der Waals surface area (Å²) in [4.78, 5) is 2.42. The Hall–Kier alpha value is -9.18. The summed E-state index contributed by atoms with van der Waals surface area (Å²) in [5, 5.41) is 11.9.